The van der Waals surface area contributed by atoms with Gasteiger partial charge >= 0.3 is 0 Å². The average Bonchev–Trinajstić information content (AvgIpc) is 3.09. The molecular weight excluding hydrogens is 573 g/mol. The van der Waals surface area contributed by atoms with Crippen LogP contribution in [0.5, 0.6) is 0 Å². The minimum absolute atomic E-state index is 0.149. The second kappa shape index (κ2) is 49.8. The number of hydrogen-bond donors (Lipinski definition) is 2. The van der Waals surface area contributed by atoms with Crippen LogP contribution < -0.4 is 0 Å². The van der Waals surface area contributed by atoms with E-state index in [2.05, 4.69) is 71.8 Å². The first-order valence-electron chi connectivity index (χ1n) is 19.3. The first kappa shape index (κ1) is 53.4. The molecule has 0 saturated carbocycles. The summed E-state index contributed by atoms with van der Waals surface area (Å²) in [4.78, 5) is 8.00. The minimum atomic E-state index is 0.149. The molecule has 0 fully saturated rings. The monoisotopic (exact) mass is 657 g/mol. The van der Waals surface area contributed by atoms with Crippen LogP contribution in [0.4, 0.5) is 0 Å². The van der Waals surface area contributed by atoms with Crippen molar-refractivity contribution in [1.29, 1.82) is 5.41 Å². The van der Waals surface area contributed by atoms with Crippen molar-refractivity contribution in [3.63, 3.8) is 0 Å². The highest BCUT2D eigenvalue weighted by Gasteiger charge is 2.12. The molecule has 5 heteroatoms. The van der Waals surface area contributed by atoms with E-state index in [-0.39, 0.29) is 5.90 Å². The molecule has 0 aliphatic heterocycles. The average molecular weight is 657 g/mol. The lowest BCUT2D eigenvalue weighted by Crippen LogP contribution is -2.19. The summed E-state index contributed by atoms with van der Waals surface area (Å²) in [5, 5.41) is 7.95. The molecule has 2 atom stereocenters. The van der Waals surface area contributed by atoms with E-state index in [1.54, 1.807) is 0 Å². The lowest BCUT2D eigenvalue weighted by Gasteiger charge is -2.17. The Balaban J connectivity index is -0.000000203. The van der Waals surface area contributed by atoms with Crippen molar-refractivity contribution in [2.45, 2.75) is 211 Å². The molecule has 4 nitrogen and oxygen atoms in total. The third-order valence-electron chi connectivity index (χ3n) is 8.05. The molecule has 0 heterocycles. The highest BCUT2D eigenvalue weighted by atomic mass is 32.1. The quantitative estimate of drug-likeness (QED) is 0.0444. The Morgan fingerprint density at radius 3 is 1.49 bits per heavy atom. The third-order valence-corrected chi connectivity index (χ3v) is 8.25. The number of ether oxygens (including phenoxy) is 1. The van der Waals surface area contributed by atoms with Crippen LogP contribution >= 0.6 is 12.8 Å². The van der Waals surface area contributed by atoms with Gasteiger partial charge in [0.15, 0.2) is 0 Å². The maximum atomic E-state index is 8.00. The topological polar surface area (TPSA) is 62.5 Å². The maximum absolute atomic E-state index is 8.00. The molecule has 0 aromatic carbocycles. The van der Waals surface area contributed by atoms with Crippen LogP contribution in [0.25, 0.3) is 0 Å². The van der Waals surface area contributed by atoms with Gasteiger partial charge in [0.2, 0.25) is 5.90 Å². The Kier molecular flexibility index (Phi) is 59.1. The predicted molar refractivity (Wildman–Crippen MR) is 212 cm³/mol. The molecule has 1 N–H and O–H groups in total. The van der Waals surface area contributed by atoms with E-state index >= 15 is 0 Å². The van der Waals surface area contributed by atoms with Crippen LogP contribution in [0.3, 0.4) is 0 Å². The highest BCUT2D eigenvalue weighted by Crippen LogP contribution is 2.21. The Labute approximate surface area is 290 Å². The zero-order valence-electron chi connectivity index (χ0n) is 32.7. The SMILES string of the molecule is C=O.CC.CC.CCC/C=C(CC)/C(=N/S)C(=N)OCCCCCC.CCCCCCCCCCCCCCC(C)C(C)CC. The Morgan fingerprint density at radius 2 is 1.11 bits per heavy atom. The van der Waals surface area contributed by atoms with E-state index < -0.39 is 0 Å². The van der Waals surface area contributed by atoms with Crippen molar-refractivity contribution in [2.75, 3.05) is 6.61 Å². The van der Waals surface area contributed by atoms with Gasteiger partial charge in [0.05, 0.1) is 6.61 Å². The van der Waals surface area contributed by atoms with Gasteiger partial charge < -0.3 is 9.53 Å². The summed E-state index contributed by atoms with van der Waals surface area (Å²) < 4.78 is 9.39. The van der Waals surface area contributed by atoms with Gasteiger partial charge in [-0.3, -0.25) is 5.41 Å². The van der Waals surface area contributed by atoms with Gasteiger partial charge in [-0.2, -0.15) is 0 Å². The fraction of sp³-hybridized carbons (Fsp3) is 0.875. The number of hydrogen-bond acceptors (Lipinski definition) is 5. The molecule has 0 bridgehead atoms. The van der Waals surface area contributed by atoms with Crippen molar-refractivity contribution in [2.24, 2.45) is 16.2 Å². The van der Waals surface area contributed by atoms with Crippen LogP contribution in [0.1, 0.15) is 211 Å². The van der Waals surface area contributed by atoms with Gasteiger partial charge in [-0.1, -0.05) is 198 Å². The molecular formula is C40H84N2O2S. The fourth-order valence-electron chi connectivity index (χ4n) is 4.75. The molecule has 0 radical (unpaired) electrons. The van der Waals surface area contributed by atoms with Crippen LogP contribution in [0.2, 0.25) is 0 Å². The van der Waals surface area contributed by atoms with Crippen LogP contribution in [-0.2, 0) is 9.53 Å². The second-order valence-corrected chi connectivity index (χ2v) is 11.8. The number of nitrogens with zero attached hydrogens (tertiary/aromatic N) is 1. The van der Waals surface area contributed by atoms with Gasteiger partial charge in [-0.15, -0.1) is 0 Å². The molecule has 272 valence electrons. The number of allylic oxidation sites excluding steroid dienone is 1. The summed E-state index contributed by atoms with van der Waals surface area (Å²) in [6.45, 7) is 26.4. The molecule has 0 saturated heterocycles. The van der Waals surface area contributed by atoms with Gasteiger partial charge in [0.25, 0.3) is 0 Å². The van der Waals surface area contributed by atoms with E-state index in [0.717, 1.165) is 49.5 Å². The molecule has 0 aliphatic rings. The van der Waals surface area contributed by atoms with E-state index in [1.807, 2.05) is 34.5 Å². The molecule has 0 aromatic heterocycles. The first-order valence-corrected chi connectivity index (χ1v) is 19.7. The predicted octanol–water partition coefficient (Wildman–Crippen LogP) is 14.6. The lowest BCUT2D eigenvalue weighted by molar-refractivity contribution is -0.0980. The number of carbonyl (C=O) groups is 1. The van der Waals surface area contributed by atoms with E-state index in [9.17, 15) is 0 Å². The summed E-state index contributed by atoms with van der Waals surface area (Å²) >= 11 is 3.98. The van der Waals surface area contributed by atoms with Crippen molar-refractivity contribution in [3.05, 3.63) is 11.6 Å². The lowest BCUT2D eigenvalue weighted by atomic mass is 9.89. The number of rotatable bonds is 25. The molecule has 0 amide bonds. The highest BCUT2D eigenvalue weighted by molar-refractivity contribution is 7.79. The Morgan fingerprint density at radius 1 is 0.689 bits per heavy atom. The first-order chi connectivity index (χ1) is 21.9. The van der Waals surface area contributed by atoms with Crippen molar-refractivity contribution >= 4 is 31.2 Å². The largest absolute Gasteiger partial charge is 0.477 e. The smallest absolute Gasteiger partial charge is 0.233 e. The number of thiol groups is 1. The molecule has 45 heavy (non-hydrogen) atoms. The molecule has 2 unspecified atom stereocenters. The number of carbonyl (C=O) groups excluding carboxylic acids is 1. The Hall–Kier alpha value is -1.10. The van der Waals surface area contributed by atoms with Gasteiger partial charge in [-0.05, 0) is 49.5 Å². The van der Waals surface area contributed by atoms with Crippen molar-refractivity contribution < 1.29 is 9.53 Å². The molecule has 0 aromatic rings. The van der Waals surface area contributed by atoms with Gasteiger partial charge in [-0.25, -0.2) is 4.40 Å². The summed E-state index contributed by atoms with van der Waals surface area (Å²) in [5.41, 5.74) is 1.63. The number of nitrogens with one attached hydrogen (secondary N) is 1. The molecule has 0 spiro atoms. The summed E-state index contributed by atoms with van der Waals surface area (Å²) in [6, 6.07) is 0. The van der Waals surface area contributed by atoms with E-state index in [0.29, 0.717) is 12.3 Å². The molecule has 0 aliphatic carbocycles. The van der Waals surface area contributed by atoms with Gasteiger partial charge in [0.1, 0.15) is 12.5 Å². The van der Waals surface area contributed by atoms with Crippen molar-refractivity contribution in [3.8, 4) is 0 Å². The van der Waals surface area contributed by atoms with Gasteiger partial charge in [0, 0.05) is 0 Å². The number of unbranched alkanes of at least 4 members (excludes halogenated alkanes) is 15. The van der Waals surface area contributed by atoms with Crippen molar-refractivity contribution in [1.82, 2.24) is 0 Å². The third kappa shape index (κ3) is 40.9. The fourth-order valence-corrected chi connectivity index (χ4v) is 4.97. The second-order valence-electron chi connectivity index (χ2n) is 11.6. The van der Waals surface area contributed by atoms with Crippen LogP contribution in [-0.4, -0.2) is 25.0 Å². The normalized spacial score (nSPS) is 12.1. The van der Waals surface area contributed by atoms with E-state index in [1.165, 1.54) is 103 Å². The summed E-state index contributed by atoms with van der Waals surface area (Å²) in [7, 11) is 0. The summed E-state index contributed by atoms with van der Waals surface area (Å²) in [6.07, 6.45) is 30.0. The molecule has 0 rings (SSSR count). The zero-order chi connectivity index (χ0) is 35.6. The maximum Gasteiger partial charge on any atom is 0.233 e. The summed E-state index contributed by atoms with van der Waals surface area (Å²) in [5.74, 6) is 2.00. The van der Waals surface area contributed by atoms with E-state index in [4.69, 9.17) is 14.9 Å². The van der Waals surface area contributed by atoms with Crippen LogP contribution in [0.15, 0.2) is 16.0 Å². The van der Waals surface area contributed by atoms with Crippen LogP contribution in [0, 0.1) is 17.2 Å². The Bertz CT molecular complexity index is 607. The zero-order valence-corrected chi connectivity index (χ0v) is 33.6. The standard InChI is InChI=1S/C20H42.C15H28N2OS.2C2H6.CH2O/c1-5-7-8-9-10-11-12-13-14-15-16-17-18-20(4)19(3)6-2;1-4-7-9-10-12-18-15(16)14(17-19)13(6-3)11-8-5-2;3*1-2/h19-20H,5-18H2,1-4H3;11,16,19H,4-10,12H2,1-3H3;2*1-2H3;1H2/b;13-11+,16-15?,17-14-;;;. The minimum Gasteiger partial charge on any atom is -0.477 e.